The summed E-state index contributed by atoms with van der Waals surface area (Å²) in [5.41, 5.74) is 3.53. The van der Waals surface area contributed by atoms with Gasteiger partial charge in [-0.15, -0.1) is 0 Å². The SMILES string of the molecule is COc1ccc(CNc2cccc3c2CCO3)cn1. The average molecular weight is 256 g/mol. The Morgan fingerprint density at radius 1 is 1.32 bits per heavy atom. The molecule has 0 atom stereocenters. The van der Waals surface area contributed by atoms with Crippen LogP contribution in [0.4, 0.5) is 5.69 Å². The molecule has 0 unspecified atom stereocenters. The highest BCUT2D eigenvalue weighted by atomic mass is 16.5. The second-order valence-electron chi connectivity index (χ2n) is 4.44. The molecular formula is C15H16N2O2. The molecule has 98 valence electrons. The van der Waals surface area contributed by atoms with Crippen molar-refractivity contribution >= 4 is 5.69 Å². The van der Waals surface area contributed by atoms with Crippen molar-refractivity contribution in [3.8, 4) is 11.6 Å². The summed E-state index contributed by atoms with van der Waals surface area (Å²) < 4.78 is 10.6. The zero-order valence-electron chi connectivity index (χ0n) is 10.8. The van der Waals surface area contributed by atoms with E-state index in [1.807, 2.05) is 30.5 Å². The normalized spacial score (nSPS) is 12.7. The summed E-state index contributed by atoms with van der Waals surface area (Å²) in [6.07, 6.45) is 2.80. The van der Waals surface area contributed by atoms with Crippen molar-refractivity contribution in [2.75, 3.05) is 19.0 Å². The van der Waals surface area contributed by atoms with E-state index < -0.39 is 0 Å². The third-order valence-corrected chi connectivity index (χ3v) is 3.23. The molecule has 19 heavy (non-hydrogen) atoms. The molecule has 2 aromatic rings. The summed E-state index contributed by atoms with van der Waals surface area (Å²) in [5.74, 6) is 1.63. The minimum Gasteiger partial charge on any atom is -0.493 e. The molecule has 1 aliphatic rings. The van der Waals surface area contributed by atoms with Gasteiger partial charge < -0.3 is 14.8 Å². The number of benzene rings is 1. The molecule has 0 aliphatic carbocycles. The number of hydrogen-bond donors (Lipinski definition) is 1. The number of nitrogens with one attached hydrogen (secondary N) is 1. The van der Waals surface area contributed by atoms with Gasteiger partial charge in [-0.25, -0.2) is 4.98 Å². The fourth-order valence-electron chi connectivity index (χ4n) is 2.22. The Hall–Kier alpha value is -2.23. The van der Waals surface area contributed by atoms with Gasteiger partial charge in [0.25, 0.3) is 0 Å². The molecule has 3 rings (SSSR count). The maximum Gasteiger partial charge on any atom is 0.212 e. The van der Waals surface area contributed by atoms with Crippen molar-refractivity contribution in [3.63, 3.8) is 0 Å². The number of anilines is 1. The van der Waals surface area contributed by atoms with Crippen molar-refractivity contribution in [1.82, 2.24) is 4.98 Å². The van der Waals surface area contributed by atoms with Crippen LogP contribution in [0.25, 0.3) is 0 Å². The molecule has 1 N–H and O–H groups in total. The molecule has 0 saturated heterocycles. The third-order valence-electron chi connectivity index (χ3n) is 3.23. The zero-order chi connectivity index (χ0) is 13.1. The lowest BCUT2D eigenvalue weighted by Crippen LogP contribution is -2.02. The Labute approximate surface area is 112 Å². The number of pyridine rings is 1. The first-order valence-corrected chi connectivity index (χ1v) is 6.34. The fraction of sp³-hybridized carbons (Fsp3) is 0.267. The van der Waals surface area contributed by atoms with Crippen molar-refractivity contribution in [1.29, 1.82) is 0 Å². The van der Waals surface area contributed by atoms with E-state index in [9.17, 15) is 0 Å². The van der Waals surface area contributed by atoms with E-state index in [0.29, 0.717) is 5.88 Å². The molecule has 1 aromatic heterocycles. The number of ether oxygens (including phenoxy) is 2. The lowest BCUT2D eigenvalue weighted by atomic mass is 10.1. The number of fused-ring (bicyclic) bond motifs is 1. The maximum absolute atomic E-state index is 5.55. The molecule has 4 nitrogen and oxygen atoms in total. The van der Waals surface area contributed by atoms with Gasteiger partial charge >= 0.3 is 0 Å². The van der Waals surface area contributed by atoms with Gasteiger partial charge in [-0.2, -0.15) is 0 Å². The molecule has 0 saturated carbocycles. The van der Waals surface area contributed by atoms with E-state index in [0.717, 1.165) is 36.6 Å². The molecule has 4 heteroatoms. The molecular weight excluding hydrogens is 240 g/mol. The lowest BCUT2D eigenvalue weighted by molar-refractivity contribution is 0.357. The quantitative estimate of drug-likeness (QED) is 0.913. The molecule has 2 heterocycles. The molecule has 0 spiro atoms. The first-order chi connectivity index (χ1) is 9.36. The van der Waals surface area contributed by atoms with Crippen LogP contribution < -0.4 is 14.8 Å². The van der Waals surface area contributed by atoms with Crippen LogP contribution >= 0.6 is 0 Å². The predicted molar refractivity (Wildman–Crippen MR) is 73.8 cm³/mol. The minimum atomic E-state index is 0.637. The van der Waals surface area contributed by atoms with Gasteiger partial charge in [0.15, 0.2) is 0 Å². The number of aromatic nitrogens is 1. The van der Waals surface area contributed by atoms with Crippen LogP contribution in [0.1, 0.15) is 11.1 Å². The Morgan fingerprint density at radius 2 is 2.26 bits per heavy atom. The summed E-state index contributed by atoms with van der Waals surface area (Å²) in [5, 5.41) is 3.44. The lowest BCUT2D eigenvalue weighted by Gasteiger charge is -2.10. The van der Waals surface area contributed by atoms with E-state index in [1.54, 1.807) is 7.11 Å². The van der Waals surface area contributed by atoms with E-state index in [4.69, 9.17) is 9.47 Å². The van der Waals surface area contributed by atoms with Crippen LogP contribution in [0.3, 0.4) is 0 Å². The Kier molecular flexibility index (Phi) is 3.23. The van der Waals surface area contributed by atoms with Crippen LogP contribution in [-0.2, 0) is 13.0 Å². The van der Waals surface area contributed by atoms with Crippen LogP contribution in [0.5, 0.6) is 11.6 Å². The number of methoxy groups -OCH3 is 1. The van der Waals surface area contributed by atoms with Crippen molar-refractivity contribution in [2.45, 2.75) is 13.0 Å². The molecule has 1 aromatic carbocycles. The first kappa shape index (κ1) is 11.8. The van der Waals surface area contributed by atoms with Crippen molar-refractivity contribution < 1.29 is 9.47 Å². The van der Waals surface area contributed by atoms with Gasteiger partial charge in [0.1, 0.15) is 5.75 Å². The van der Waals surface area contributed by atoms with Gasteiger partial charge in [-0.05, 0) is 17.7 Å². The maximum atomic E-state index is 5.55. The van der Waals surface area contributed by atoms with E-state index in [2.05, 4.69) is 16.4 Å². The van der Waals surface area contributed by atoms with Crippen LogP contribution in [-0.4, -0.2) is 18.7 Å². The smallest absolute Gasteiger partial charge is 0.212 e. The highest BCUT2D eigenvalue weighted by Gasteiger charge is 2.15. The molecule has 0 amide bonds. The summed E-state index contributed by atoms with van der Waals surface area (Å²) in [7, 11) is 1.62. The van der Waals surface area contributed by atoms with Crippen LogP contribution in [0, 0.1) is 0 Å². The molecule has 0 radical (unpaired) electrons. The summed E-state index contributed by atoms with van der Waals surface area (Å²) in [6, 6.07) is 10.00. The number of rotatable bonds is 4. The Balaban J connectivity index is 1.70. The van der Waals surface area contributed by atoms with Crippen LogP contribution in [0.15, 0.2) is 36.5 Å². The summed E-state index contributed by atoms with van der Waals surface area (Å²) in [4.78, 5) is 4.20. The van der Waals surface area contributed by atoms with Crippen LogP contribution in [0.2, 0.25) is 0 Å². The standard InChI is InChI=1S/C15H16N2O2/c1-18-15-6-5-11(10-17-15)9-16-13-3-2-4-14-12(13)7-8-19-14/h2-6,10,16H,7-9H2,1H3. The molecule has 1 aliphatic heterocycles. The monoisotopic (exact) mass is 256 g/mol. The van der Waals surface area contributed by atoms with E-state index in [1.165, 1.54) is 5.56 Å². The average Bonchev–Trinajstić information content (AvgIpc) is 2.94. The highest BCUT2D eigenvalue weighted by Crippen LogP contribution is 2.31. The zero-order valence-corrected chi connectivity index (χ0v) is 10.8. The number of hydrogen-bond acceptors (Lipinski definition) is 4. The van der Waals surface area contributed by atoms with Gasteiger partial charge in [0.05, 0.1) is 13.7 Å². The first-order valence-electron chi connectivity index (χ1n) is 6.34. The van der Waals surface area contributed by atoms with E-state index in [-0.39, 0.29) is 0 Å². The Morgan fingerprint density at radius 3 is 3.05 bits per heavy atom. The fourth-order valence-corrected chi connectivity index (χ4v) is 2.22. The minimum absolute atomic E-state index is 0.637. The topological polar surface area (TPSA) is 43.4 Å². The number of nitrogens with zero attached hydrogens (tertiary/aromatic N) is 1. The van der Waals surface area contributed by atoms with Gasteiger partial charge in [0.2, 0.25) is 5.88 Å². The van der Waals surface area contributed by atoms with Gasteiger partial charge in [-0.3, -0.25) is 0 Å². The second kappa shape index (κ2) is 5.18. The summed E-state index contributed by atoms with van der Waals surface area (Å²) in [6.45, 7) is 1.52. The molecule has 0 bridgehead atoms. The third kappa shape index (κ3) is 2.47. The van der Waals surface area contributed by atoms with Gasteiger partial charge in [-0.1, -0.05) is 12.1 Å². The molecule has 0 fully saturated rings. The van der Waals surface area contributed by atoms with Crippen molar-refractivity contribution in [3.05, 3.63) is 47.7 Å². The highest BCUT2D eigenvalue weighted by molar-refractivity contribution is 5.59. The van der Waals surface area contributed by atoms with Crippen molar-refractivity contribution in [2.24, 2.45) is 0 Å². The second-order valence-corrected chi connectivity index (χ2v) is 4.44. The predicted octanol–water partition coefficient (Wildman–Crippen LogP) is 2.64. The Bertz CT molecular complexity index is 567. The largest absolute Gasteiger partial charge is 0.493 e. The van der Waals surface area contributed by atoms with Gasteiger partial charge in [0, 0.05) is 36.5 Å². The summed E-state index contributed by atoms with van der Waals surface area (Å²) >= 11 is 0. The van der Waals surface area contributed by atoms with E-state index >= 15 is 0 Å².